The van der Waals surface area contributed by atoms with E-state index >= 15 is 0 Å². The first kappa shape index (κ1) is 20.8. The maximum Gasteiger partial charge on any atom is 0.252 e. The third kappa shape index (κ3) is 4.92. The summed E-state index contributed by atoms with van der Waals surface area (Å²) in [7, 11) is -1.84. The van der Waals surface area contributed by atoms with Gasteiger partial charge in [0.25, 0.3) is 10.0 Å². The van der Waals surface area contributed by atoms with Crippen molar-refractivity contribution in [3.05, 3.63) is 47.3 Å². The molecule has 8 heteroatoms. The Labute approximate surface area is 170 Å². The lowest BCUT2D eigenvalue weighted by Gasteiger charge is -2.30. The van der Waals surface area contributed by atoms with Crippen LogP contribution in [0, 0.1) is 5.92 Å². The number of benzene rings is 1. The number of sulfonamides is 1. The van der Waals surface area contributed by atoms with E-state index in [0.717, 1.165) is 30.6 Å². The fourth-order valence-corrected chi connectivity index (χ4v) is 6.12. The Kier molecular flexibility index (Phi) is 7.09. The van der Waals surface area contributed by atoms with Crippen molar-refractivity contribution in [2.45, 2.75) is 29.9 Å². The van der Waals surface area contributed by atoms with Crippen LogP contribution in [0.2, 0.25) is 0 Å². The summed E-state index contributed by atoms with van der Waals surface area (Å²) in [5, 5.41) is 4.72. The minimum Gasteiger partial charge on any atom is -0.496 e. The molecule has 1 atom stereocenters. The molecule has 0 unspecified atom stereocenters. The molecule has 1 amide bonds. The number of piperidine rings is 1. The molecule has 1 fully saturated rings. The van der Waals surface area contributed by atoms with Gasteiger partial charge in [0.2, 0.25) is 5.91 Å². The number of aryl methyl sites for hydroxylation is 1. The SMILES string of the molecule is COc1ccccc1CCCNC(=O)[C@H]1CCCN(S(=O)(=O)c2cccs2)C1. The van der Waals surface area contributed by atoms with Gasteiger partial charge in [0, 0.05) is 19.6 Å². The van der Waals surface area contributed by atoms with E-state index in [1.165, 1.54) is 15.6 Å². The van der Waals surface area contributed by atoms with E-state index in [1.807, 2.05) is 24.3 Å². The third-order valence-electron chi connectivity index (χ3n) is 4.96. The zero-order chi connectivity index (χ0) is 20.0. The Morgan fingerprint density at radius 2 is 2.11 bits per heavy atom. The number of thiophene rings is 1. The van der Waals surface area contributed by atoms with Gasteiger partial charge in [-0.1, -0.05) is 24.3 Å². The highest BCUT2D eigenvalue weighted by molar-refractivity contribution is 7.91. The first-order valence-corrected chi connectivity index (χ1v) is 11.8. The maximum atomic E-state index is 12.7. The number of hydrogen-bond donors (Lipinski definition) is 1. The van der Waals surface area contributed by atoms with Crippen LogP contribution in [0.25, 0.3) is 0 Å². The maximum absolute atomic E-state index is 12.7. The van der Waals surface area contributed by atoms with E-state index < -0.39 is 10.0 Å². The van der Waals surface area contributed by atoms with Crippen LogP contribution in [0.15, 0.2) is 46.0 Å². The second-order valence-electron chi connectivity index (χ2n) is 6.84. The molecule has 152 valence electrons. The second kappa shape index (κ2) is 9.54. The normalized spacial score (nSPS) is 18.0. The lowest BCUT2D eigenvalue weighted by atomic mass is 9.99. The Morgan fingerprint density at radius 3 is 2.86 bits per heavy atom. The van der Waals surface area contributed by atoms with Crippen LogP contribution in [0.4, 0.5) is 0 Å². The highest BCUT2D eigenvalue weighted by Gasteiger charge is 2.33. The van der Waals surface area contributed by atoms with Crippen molar-refractivity contribution in [3.63, 3.8) is 0 Å². The zero-order valence-corrected chi connectivity index (χ0v) is 17.6. The first-order valence-electron chi connectivity index (χ1n) is 9.45. The van der Waals surface area contributed by atoms with Crippen molar-refractivity contribution in [2.24, 2.45) is 5.92 Å². The molecule has 0 radical (unpaired) electrons. The number of amides is 1. The van der Waals surface area contributed by atoms with Gasteiger partial charge >= 0.3 is 0 Å². The molecule has 1 aliphatic rings. The molecule has 0 saturated carbocycles. The first-order chi connectivity index (χ1) is 13.5. The van der Waals surface area contributed by atoms with Crippen molar-refractivity contribution in [1.82, 2.24) is 9.62 Å². The highest BCUT2D eigenvalue weighted by atomic mass is 32.2. The van der Waals surface area contributed by atoms with Gasteiger partial charge in [0.1, 0.15) is 9.96 Å². The van der Waals surface area contributed by atoms with Gasteiger partial charge in [-0.3, -0.25) is 4.79 Å². The number of para-hydroxylation sites is 1. The molecule has 0 spiro atoms. The summed E-state index contributed by atoms with van der Waals surface area (Å²) in [4.78, 5) is 12.5. The number of methoxy groups -OCH3 is 1. The summed E-state index contributed by atoms with van der Waals surface area (Å²) in [6.07, 6.45) is 3.03. The monoisotopic (exact) mass is 422 g/mol. The lowest BCUT2D eigenvalue weighted by molar-refractivity contribution is -0.126. The van der Waals surface area contributed by atoms with Crippen molar-refractivity contribution in [2.75, 3.05) is 26.7 Å². The summed E-state index contributed by atoms with van der Waals surface area (Å²) in [5.41, 5.74) is 1.12. The molecule has 1 saturated heterocycles. The molecule has 2 heterocycles. The number of carbonyl (C=O) groups excluding carboxylic acids is 1. The number of rotatable bonds is 8. The van der Waals surface area contributed by atoms with Crippen LogP contribution < -0.4 is 10.1 Å². The number of hydrogen-bond acceptors (Lipinski definition) is 5. The van der Waals surface area contributed by atoms with Crippen molar-refractivity contribution >= 4 is 27.3 Å². The van der Waals surface area contributed by atoms with Crippen molar-refractivity contribution < 1.29 is 17.9 Å². The molecule has 6 nitrogen and oxygen atoms in total. The molecule has 28 heavy (non-hydrogen) atoms. The number of carbonyl (C=O) groups is 1. The second-order valence-corrected chi connectivity index (χ2v) is 9.95. The number of ether oxygens (including phenoxy) is 1. The van der Waals surface area contributed by atoms with E-state index in [0.29, 0.717) is 23.7 Å². The lowest BCUT2D eigenvalue weighted by Crippen LogP contribution is -2.45. The fourth-order valence-electron chi connectivity index (χ4n) is 3.46. The average Bonchev–Trinajstić information content (AvgIpc) is 3.27. The van der Waals surface area contributed by atoms with E-state index in [9.17, 15) is 13.2 Å². The average molecular weight is 423 g/mol. The van der Waals surface area contributed by atoms with Gasteiger partial charge in [-0.05, 0) is 48.8 Å². The largest absolute Gasteiger partial charge is 0.496 e. The summed E-state index contributed by atoms with van der Waals surface area (Å²) >= 11 is 1.21. The standard InChI is InChI=1S/C20H26N2O4S2/c1-26-18-10-3-2-7-16(18)8-4-12-21-20(23)17-9-5-13-22(15-17)28(24,25)19-11-6-14-27-19/h2-3,6-7,10-11,14,17H,4-5,8-9,12-13,15H2,1H3,(H,21,23)/t17-/m0/s1. The molecule has 1 aromatic heterocycles. The summed E-state index contributed by atoms with van der Waals surface area (Å²) in [6, 6.07) is 11.2. The zero-order valence-electron chi connectivity index (χ0n) is 16.0. The molecule has 1 aliphatic heterocycles. The summed E-state index contributed by atoms with van der Waals surface area (Å²) in [6.45, 7) is 1.28. The van der Waals surface area contributed by atoms with E-state index in [1.54, 1.807) is 24.6 Å². The van der Waals surface area contributed by atoms with Gasteiger partial charge < -0.3 is 10.1 Å². The minimum atomic E-state index is -3.50. The van der Waals surface area contributed by atoms with Crippen molar-refractivity contribution in [3.8, 4) is 5.75 Å². The molecule has 2 aromatic rings. The highest BCUT2D eigenvalue weighted by Crippen LogP contribution is 2.26. The quantitative estimate of drug-likeness (QED) is 0.664. The van der Waals surface area contributed by atoms with E-state index in [2.05, 4.69) is 5.32 Å². The third-order valence-corrected chi connectivity index (χ3v) is 8.20. The molecule has 3 rings (SSSR count). The molecule has 1 aromatic carbocycles. The summed E-state index contributed by atoms with van der Waals surface area (Å²) < 4.78 is 32.5. The molecule has 0 aliphatic carbocycles. The summed E-state index contributed by atoms with van der Waals surface area (Å²) in [5.74, 6) is 0.497. The molecular formula is C20H26N2O4S2. The molecular weight excluding hydrogens is 396 g/mol. The predicted octanol–water partition coefficient (Wildman–Crippen LogP) is 2.91. The smallest absolute Gasteiger partial charge is 0.252 e. The van der Waals surface area contributed by atoms with Crippen LogP contribution in [-0.2, 0) is 21.2 Å². The van der Waals surface area contributed by atoms with Crippen LogP contribution in [0.5, 0.6) is 5.75 Å². The Balaban J connectivity index is 1.49. The van der Waals surface area contributed by atoms with Gasteiger partial charge in [0.15, 0.2) is 0 Å². The topological polar surface area (TPSA) is 75.7 Å². The Morgan fingerprint density at radius 1 is 1.29 bits per heavy atom. The van der Waals surface area contributed by atoms with Gasteiger partial charge in [-0.25, -0.2) is 8.42 Å². The number of nitrogens with zero attached hydrogens (tertiary/aromatic N) is 1. The van der Waals surface area contributed by atoms with E-state index in [-0.39, 0.29) is 18.4 Å². The predicted molar refractivity (Wildman–Crippen MR) is 110 cm³/mol. The van der Waals surface area contributed by atoms with Crippen molar-refractivity contribution in [1.29, 1.82) is 0 Å². The van der Waals surface area contributed by atoms with Gasteiger partial charge in [-0.15, -0.1) is 11.3 Å². The Hall–Kier alpha value is -1.90. The van der Waals surface area contributed by atoms with E-state index in [4.69, 9.17) is 4.74 Å². The van der Waals surface area contributed by atoms with Gasteiger partial charge in [-0.2, -0.15) is 4.31 Å². The number of nitrogens with one attached hydrogen (secondary N) is 1. The molecule has 1 N–H and O–H groups in total. The van der Waals surface area contributed by atoms with Crippen LogP contribution in [0.3, 0.4) is 0 Å². The molecule has 0 bridgehead atoms. The fraction of sp³-hybridized carbons (Fsp3) is 0.450. The Bertz CT molecular complexity index is 881. The van der Waals surface area contributed by atoms with Crippen LogP contribution in [-0.4, -0.2) is 45.4 Å². The minimum absolute atomic E-state index is 0.0638. The van der Waals surface area contributed by atoms with Crippen LogP contribution in [0.1, 0.15) is 24.8 Å². The van der Waals surface area contributed by atoms with Gasteiger partial charge in [0.05, 0.1) is 13.0 Å². The van der Waals surface area contributed by atoms with Crippen LogP contribution >= 0.6 is 11.3 Å².